The molecule has 8 heteroatoms. The van der Waals surface area contributed by atoms with Crippen LogP contribution in [-0.4, -0.2) is 52.9 Å². The van der Waals surface area contributed by atoms with Crippen LogP contribution in [0.15, 0.2) is 96.2 Å². The van der Waals surface area contributed by atoms with Crippen molar-refractivity contribution in [2.75, 3.05) is 31.1 Å². The number of anilines is 1. The molecule has 0 bridgehead atoms. The number of aromatic nitrogens is 2. The zero-order chi connectivity index (χ0) is 27.0. The second-order valence-electron chi connectivity index (χ2n) is 9.41. The molecule has 1 saturated heterocycles. The van der Waals surface area contributed by atoms with Gasteiger partial charge in [0.1, 0.15) is 5.82 Å². The molecule has 0 atom stereocenters. The predicted molar refractivity (Wildman–Crippen MR) is 156 cm³/mol. The minimum Gasteiger partial charge on any atom is -0.353 e. The fraction of sp³-hybridized carbons (Fsp3) is 0.226. The number of piperazine rings is 1. The molecule has 1 aromatic heterocycles. The first-order valence-corrected chi connectivity index (χ1v) is 14.0. The van der Waals surface area contributed by atoms with Gasteiger partial charge < -0.3 is 15.1 Å². The highest BCUT2D eigenvalue weighted by Crippen LogP contribution is 2.28. The Bertz CT molecular complexity index is 1420. The van der Waals surface area contributed by atoms with Crippen LogP contribution in [0.2, 0.25) is 0 Å². The van der Waals surface area contributed by atoms with Gasteiger partial charge in [-0.2, -0.15) is 0 Å². The van der Waals surface area contributed by atoms with Crippen LogP contribution >= 0.6 is 11.8 Å². The average Bonchev–Trinajstić information content (AvgIpc) is 3.00. The van der Waals surface area contributed by atoms with Crippen LogP contribution in [0.4, 0.5) is 5.82 Å². The van der Waals surface area contributed by atoms with Gasteiger partial charge >= 0.3 is 0 Å². The van der Waals surface area contributed by atoms with E-state index in [1.54, 1.807) is 18.7 Å². The quantitative estimate of drug-likeness (QED) is 0.251. The van der Waals surface area contributed by atoms with E-state index in [9.17, 15) is 9.59 Å². The molecule has 0 aliphatic carbocycles. The predicted octanol–water partition coefficient (Wildman–Crippen LogP) is 5.03. The number of benzene rings is 3. The molecule has 39 heavy (non-hydrogen) atoms. The molecule has 0 spiro atoms. The lowest BCUT2D eigenvalue weighted by Crippen LogP contribution is -2.48. The van der Waals surface area contributed by atoms with Gasteiger partial charge in [0.15, 0.2) is 5.16 Å². The van der Waals surface area contributed by atoms with Gasteiger partial charge in [0.05, 0.1) is 5.69 Å². The van der Waals surface area contributed by atoms with Crippen LogP contribution in [0.25, 0.3) is 11.3 Å². The molecule has 0 saturated carbocycles. The van der Waals surface area contributed by atoms with Crippen LogP contribution in [-0.2, 0) is 17.1 Å². The number of nitrogens with one attached hydrogen (secondary N) is 1. The number of nitrogens with zero attached hydrogens (tertiary/aromatic N) is 4. The number of carbonyl (C=O) groups excluding carboxylic acids is 2. The minimum atomic E-state index is -0.0972. The number of thioether (sulfide) groups is 1. The van der Waals surface area contributed by atoms with E-state index >= 15 is 0 Å². The molecule has 3 aromatic carbocycles. The van der Waals surface area contributed by atoms with Gasteiger partial charge in [0.25, 0.3) is 5.91 Å². The zero-order valence-corrected chi connectivity index (χ0v) is 22.7. The van der Waals surface area contributed by atoms with Crippen LogP contribution in [0.5, 0.6) is 0 Å². The molecule has 4 aromatic rings. The van der Waals surface area contributed by atoms with Crippen molar-refractivity contribution in [1.82, 2.24) is 20.2 Å². The summed E-state index contributed by atoms with van der Waals surface area (Å²) in [7, 11) is 0. The lowest BCUT2D eigenvalue weighted by atomic mass is 10.1. The van der Waals surface area contributed by atoms with Crippen molar-refractivity contribution in [3.05, 3.63) is 108 Å². The molecule has 1 aliphatic rings. The first-order chi connectivity index (χ1) is 19.0. The van der Waals surface area contributed by atoms with Gasteiger partial charge in [0.2, 0.25) is 5.91 Å². The molecule has 2 heterocycles. The van der Waals surface area contributed by atoms with Crippen molar-refractivity contribution >= 4 is 29.4 Å². The highest BCUT2D eigenvalue weighted by Gasteiger charge is 2.21. The van der Waals surface area contributed by atoms with E-state index in [1.165, 1.54) is 0 Å². The molecule has 1 N–H and O–H groups in total. The Hall–Kier alpha value is -4.17. The van der Waals surface area contributed by atoms with Gasteiger partial charge in [0, 0.05) is 62.6 Å². The Balaban J connectivity index is 1.30. The summed E-state index contributed by atoms with van der Waals surface area (Å²) in [6.07, 6.45) is 0. The summed E-state index contributed by atoms with van der Waals surface area (Å²) in [5, 5.41) is 3.68. The Morgan fingerprint density at radius 1 is 0.821 bits per heavy atom. The Labute approximate surface area is 233 Å². The summed E-state index contributed by atoms with van der Waals surface area (Å²) in [6.45, 7) is 4.93. The molecular formula is C31H31N5O2S. The monoisotopic (exact) mass is 537 g/mol. The van der Waals surface area contributed by atoms with Gasteiger partial charge in [-0.05, 0) is 23.3 Å². The first kappa shape index (κ1) is 26.4. The van der Waals surface area contributed by atoms with E-state index in [0.717, 1.165) is 41.3 Å². The molecule has 0 radical (unpaired) electrons. The molecular weight excluding hydrogens is 506 g/mol. The number of amides is 2. The molecule has 5 rings (SSSR count). The van der Waals surface area contributed by atoms with E-state index in [2.05, 4.69) is 10.2 Å². The molecule has 7 nitrogen and oxygen atoms in total. The van der Waals surface area contributed by atoms with Crippen LogP contribution in [0, 0.1) is 0 Å². The summed E-state index contributed by atoms with van der Waals surface area (Å²) in [5.41, 5.74) is 4.62. The lowest BCUT2D eigenvalue weighted by Gasteiger charge is -2.35. The second kappa shape index (κ2) is 12.6. The van der Waals surface area contributed by atoms with E-state index in [4.69, 9.17) is 9.97 Å². The number of hydrogen-bond donors (Lipinski definition) is 1. The average molecular weight is 538 g/mol. The molecule has 2 amide bonds. The Morgan fingerprint density at radius 3 is 2.23 bits per heavy atom. The highest BCUT2D eigenvalue weighted by atomic mass is 32.2. The Kier molecular flexibility index (Phi) is 8.53. The maximum atomic E-state index is 12.8. The third-order valence-corrected chi connectivity index (χ3v) is 7.58. The summed E-state index contributed by atoms with van der Waals surface area (Å²) in [5.74, 6) is 1.51. The second-order valence-corrected chi connectivity index (χ2v) is 10.4. The number of hydrogen-bond acceptors (Lipinski definition) is 6. The van der Waals surface area contributed by atoms with Gasteiger partial charge in [-0.15, -0.1) is 0 Å². The summed E-state index contributed by atoms with van der Waals surface area (Å²) >= 11 is 1.55. The van der Waals surface area contributed by atoms with E-state index < -0.39 is 0 Å². The van der Waals surface area contributed by atoms with E-state index in [1.807, 2.05) is 95.9 Å². The smallest absolute Gasteiger partial charge is 0.251 e. The van der Waals surface area contributed by atoms with Crippen molar-refractivity contribution in [2.24, 2.45) is 0 Å². The van der Waals surface area contributed by atoms with Crippen molar-refractivity contribution in [2.45, 2.75) is 24.4 Å². The van der Waals surface area contributed by atoms with Crippen LogP contribution in [0.1, 0.15) is 28.4 Å². The van der Waals surface area contributed by atoms with Crippen LogP contribution < -0.4 is 10.2 Å². The highest BCUT2D eigenvalue weighted by molar-refractivity contribution is 7.98. The molecule has 0 unspecified atom stereocenters. The van der Waals surface area contributed by atoms with Crippen molar-refractivity contribution in [3.8, 4) is 11.3 Å². The van der Waals surface area contributed by atoms with Crippen LogP contribution in [0.3, 0.4) is 0 Å². The Morgan fingerprint density at radius 2 is 1.51 bits per heavy atom. The standard InChI is InChI=1S/C31H31N5O2S/c1-23(37)35-15-17-36(18-16-35)29-20-28(26-12-6-3-7-13-26)33-31(34-29)39-22-25-11-8-14-27(19-25)30(38)32-21-24-9-4-2-5-10-24/h2-14,19-20H,15-18,21-22H2,1H3,(H,32,38). The lowest BCUT2D eigenvalue weighted by molar-refractivity contribution is -0.129. The molecule has 1 aliphatic heterocycles. The fourth-order valence-electron chi connectivity index (χ4n) is 4.48. The van der Waals surface area contributed by atoms with Gasteiger partial charge in [-0.3, -0.25) is 9.59 Å². The maximum absolute atomic E-state index is 12.8. The maximum Gasteiger partial charge on any atom is 0.251 e. The van der Waals surface area contributed by atoms with Gasteiger partial charge in [-0.25, -0.2) is 9.97 Å². The summed E-state index contributed by atoms with van der Waals surface area (Å²) < 4.78 is 0. The van der Waals surface area contributed by atoms with Crippen molar-refractivity contribution in [1.29, 1.82) is 0 Å². The summed E-state index contributed by atoms with van der Waals surface area (Å²) in [6, 6.07) is 29.7. The molecule has 1 fully saturated rings. The molecule has 198 valence electrons. The van der Waals surface area contributed by atoms with Gasteiger partial charge in [-0.1, -0.05) is 84.6 Å². The number of rotatable bonds is 8. The normalized spacial score (nSPS) is 13.3. The number of carbonyl (C=O) groups is 2. The third kappa shape index (κ3) is 7.03. The first-order valence-electron chi connectivity index (χ1n) is 13.0. The largest absolute Gasteiger partial charge is 0.353 e. The van der Waals surface area contributed by atoms with Crippen molar-refractivity contribution in [3.63, 3.8) is 0 Å². The SMILES string of the molecule is CC(=O)N1CCN(c2cc(-c3ccccc3)nc(SCc3cccc(C(=O)NCc4ccccc4)c3)n2)CC1. The topological polar surface area (TPSA) is 78.4 Å². The fourth-order valence-corrected chi connectivity index (χ4v) is 5.27. The van der Waals surface area contributed by atoms with Crippen molar-refractivity contribution < 1.29 is 9.59 Å². The zero-order valence-electron chi connectivity index (χ0n) is 21.9. The third-order valence-electron chi connectivity index (χ3n) is 6.66. The van der Waals surface area contributed by atoms with E-state index in [-0.39, 0.29) is 11.8 Å². The minimum absolute atomic E-state index is 0.0972. The van der Waals surface area contributed by atoms with E-state index in [0.29, 0.717) is 36.1 Å². The summed E-state index contributed by atoms with van der Waals surface area (Å²) in [4.78, 5) is 38.4.